The van der Waals surface area contributed by atoms with Crippen LogP contribution in [0.1, 0.15) is 45.4 Å². The molecule has 0 radical (unpaired) electrons. The zero-order valence-electron chi connectivity index (χ0n) is 12.2. The second kappa shape index (κ2) is 7.25. The predicted octanol–water partition coefficient (Wildman–Crippen LogP) is 1.80. The van der Waals surface area contributed by atoms with E-state index in [1.165, 1.54) is 25.7 Å². The SMILES string of the molecule is CCOCCCC(=O)N1CCCC2(CCCNC2)C1. The molecule has 2 aliphatic rings. The first-order valence-corrected chi connectivity index (χ1v) is 7.82. The van der Waals surface area contributed by atoms with Crippen molar-refractivity contribution in [2.75, 3.05) is 39.4 Å². The Morgan fingerprint density at radius 2 is 2.21 bits per heavy atom. The van der Waals surface area contributed by atoms with Gasteiger partial charge in [-0.2, -0.15) is 0 Å². The average molecular weight is 268 g/mol. The lowest BCUT2D eigenvalue weighted by Crippen LogP contribution is -2.52. The third-order valence-electron chi connectivity index (χ3n) is 4.46. The van der Waals surface area contributed by atoms with Gasteiger partial charge in [0.2, 0.25) is 5.91 Å². The van der Waals surface area contributed by atoms with Crippen LogP contribution in [0.5, 0.6) is 0 Å². The Balaban J connectivity index is 1.78. The van der Waals surface area contributed by atoms with Crippen LogP contribution in [-0.4, -0.2) is 50.2 Å². The van der Waals surface area contributed by atoms with E-state index in [0.717, 1.165) is 39.2 Å². The quantitative estimate of drug-likeness (QED) is 0.773. The summed E-state index contributed by atoms with van der Waals surface area (Å²) >= 11 is 0. The molecule has 1 atom stereocenters. The normalized spacial score (nSPS) is 27.7. The van der Waals surface area contributed by atoms with Gasteiger partial charge in [0, 0.05) is 44.7 Å². The highest BCUT2D eigenvalue weighted by atomic mass is 16.5. The fourth-order valence-corrected chi connectivity index (χ4v) is 3.43. The Kier molecular flexibility index (Phi) is 5.64. The highest BCUT2D eigenvalue weighted by molar-refractivity contribution is 5.76. The number of ether oxygens (including phenoxy) is 1. The van der Waals surface area contributed by atoms with Crippen LogP contribution in [0, 0.1) is 5.41 Å². The van der Waals surface area contributed by atoms with Crippen molar-refractivity contribution >= 4 is 5.91 Å². The fraction of sp³-hybridized carbons (Fsp3) is 0.933. The summed E-state index contributed by atoms with van der Waals surface area (Å²) in [4.78, 5) is 14.3. The second-order valence-corrected chi connectivity index (χ2v) is 6.00. The van der Waals surface area contributed by atoms with Crippen molar-refractivity contribution in [2.45, 2.75) is 45.4 Å². The van der Waals surface area contributed by atoms with Gasteiger partial charge < -0.3 is 15.0 Å². The van der Waals surface area contributed by atoms with Crippen LogP contribution in [0.25, 0.3) is 0 Å². The van der Waals surface area contributed by atoms with Crippen molar-refractivity contribution in [1.29, 1.82) is 0 Å². The summed E-state index contributed by atoms with van der Waals surface area (Å²) < 4.78 is 5.30. The molecule has 1 spiro atoms. The van der Waals surface area contributed by atoms with E-state index in [9.17, 15) is 4.79 Å². The highest BCUT2D eigenvalue weighted by Gasteiger charge is 2.37. The molecule has 1 N–H and O–H groups in total. The fourth-order valence-electron chi connectivity index (χ4n) is 3.43. The summed E-state index contributed by atoms with van der Waals surface area (Å²) in [7, 11) is 0. The number of amides is 1. The standard InChI is InChI=1S/C15H28N2O2/c1-2-19-11-3-6-14(18)17-10-5-8-15(13-17)7-4-9-16-12-15/h16H,2-13H2,1H3. The van der Waals surface area contributed by atoms with Gasteiger partial charge in [-0.15, -0.1) is 0 Å². The number of hydrogen-bond donors (Lipinski definition) is 1. The molecule has 0 aliphatic carbocycles. The number of nitrogens with zero attached hydrogens (tertiary/aromatic N) is 1. The molecule has 0 aromatic rings. The van der Waals surface area contributed by atoms with E-state index < -0.39 is 0 Å². The third-order valence-corrected chi connectivity index (χ3v) is 4.46. The number of hydrogen-bond acceptors (Lipinski definition) is 3. The van der Waals surface area contributed by atoms with Crippen molar-refractivity contribution in [3.63, 3.8) is 0 Å². The molecule has 2 fully saturated rings. The summed E-state index contributed by atoms with van der Waals surface area (Å²) in [5, 5.41) is 3.51. The van der Waals surface area contributed by atoms with E-state index in [4.69, 9.17) is 4.74 Å². The van der Waals surface area contributed by atoms with Gasteiger partial charge >= 0.3 is 0 Å². The first-order chi connectivity index (χ1) is 9.26. The first kappa shape index (κ1) is 14.8. The van der Waals surface area contributed by atoms with E-state index in [1.54, 1.807) is 0 Å². The van der Waals surface area contributed by atoms with Crippen molar-refractivity contribution in [2.24, 2.45) is 5.41 Å². The van der Waals surface area contributed by atoms with Gasteiger partial charge in [-0.1, -0.05) is 0 Å². The summed E-state index contributed by atoms with van der Waals surface area (Å²) in [6.07, 6.45) is 6.48. The van der Waals surface area contributed by atoms with Gasteiger partial charge in [0.1, 0.15) is 0 Å². The van der Waals surface area contributed by atoms with Crippen LogP contribution in [0.15, 0.2) is 0 Å². The van der Waals surface area contributed by atoms with E-state index in [-0.39, 0.29) is 0 Å². The molecule has 0 aromatic carbocycles. The minimum absolute atomic E-state index is 0.323. The lowest BCUT2D eigenvalue weighted by molar-refractivity contribution is -0.135. The number of likely N-dealkylation sites (tertiary alicyclic amines) is 1. The van der Waals surface area contributed by atoms with E-state index in [2.05, 4.69) is 10.2 Å². The topological polar surface area (TPSA) is 41.6 Å². The number of rotatable bonds is 5. The zero-order chi connectivity index (χ0) is 13.6. The predicted molar refractivity (Wildman–Crippen MR) is 76.1 cm³/mol. The Morgan fingerprint density at radius 3 is 2.95 bits per heavy atom. The van der Waals surface area contributed by atoms with Gasteiger partial charge in [-0.3, -0.25) is 4.79 Å². The molecule has 2 saturated heterocycles. The average Bonchev–Trinajstić information content (AvgIpc) is 2.44. The van der Waals surface area contributed by atoms with Crippen molar-refractivity contribution in [3.8, 4) is 0 Å². The summed E-state index contributed by atoms with van der Waals surface area (Å²) in [6.45, 7) is 7.60. The monoisotopic (exact) mass is 268 g/mol. The summed E-state index contributed by atoms with van der Waals surface area (Å²) in [6, 6.07) is 0. The largest absolute Gasteiger partial charge is 0.382 e. The molecule has 4 nitrogen and oxygen atoms in total. The molecule has 19 heavy (non-hydrogen) atoms. The van der Waals surface area contributed by atoms with Crippen molar-refractivity contribution in [1.82, 2.24) is 10.2 Å². The van der Waals surface area contributed by atoms with Crippen molar-refractivity contribution in [3.05, 3.63) is 0 Å². The molecule has 0 saturated carbocycles. The Hall–Kier alpha value is -0.610. The van der Waals surface area contributed by atoms with Crippen LogP contribution < -0.4 is 5.32 Å². The van der Waals surface area contributed by atoms with Crippen LogP contribution in [0.3, 0.4) is 0 Å². The molecular weight excluding hydrogens is 240 g/mol. The Bertz CT molecular complexity index is 282. The van der Waals surface area contributed by atoms with Gasteiger partial charge in [0.15, 0.2) is 0 Å². The van der Waals surface area contributed by atoms with Gasteiger partial charge in [0.05, 0.1) is 0 Å². The Morgan fingerprint density at radius 1 is 1.37 bits per heavy atom. The van der Waals surface area contributed by atoms with E-state index in [0.29, 0.717) is 24.3 Å². The first-order valence-electron chi connectivity index (χ1n) is 7.82. The summed E-state index contributed by atoms with van der Waals surface area (Å²) in [5.41, 5.74) is 0.367. The Labute approximate surface area is 116 Å². The van der Waals surface area contributed by atoms with E-state index >= 15 is 0 Å². The number of carbonyl (C=O) groups excluding carboxylic acids is 1. The lowest BCUT2D eigenvalue weighted by Gasteiger charge is -2.45. The number of carbonyl (C=O) groups is 1. The molecule has 2 aliphatic heterocycles. The second-order valence-electron chi connectivity index (χ2n) is 6.00. The third kappa shape index (κ3) is 4.18. The van der Waals surface area contributed by atoms with Crippen LogP contribution >= 0.6 is 0 Å². The lowest BCUT2D eigenvalue weighted by atomic mass is 9.74. The number of nitrogens with one attached hydrogen (secondary N) is 1. The highest BCUT2D eigenvalue weighted by Crippen LogP contribution is 2.36. The van der Waals surface area contributed by atoms with Crippen LogP contribution in [0.2, 0.25) is 0 Å². The molecule has 2 heterocycles. The summed E-state index contributed by atoms with van der Waals surface area (Å²) in [5.74, 6) is 0.323. The zero-order valence-corrected chi connectivity index (χ0v) is 12.2. The molecule has 2 rings (SSSR count). The minimum Gasteiger partial charge on any atom is -0.382 e. The maximum Gasteiger partial charge on any atom is 0.222 e. The molecule has 0 aromatic heterocycles. The van der Waals surface area contributed by atoms with E-state index in [1.807, 2.05) is 6.92 Å². The number of piperidine rings is 2. The van der Waals surface area contributed by atoms with Crippen molar-refractivity contribution < 1.29 is 9.53 Å². The maximum absolute atomic E-state index is 12.2. The van der Waals surface area contributed by atoms with Gasteiger partial charge in [-0.25, -0.2) is 0 Å². The molecule has 1 amide bonds. The van der Waals surface area contributed by atoms with Crippen LogP contribution in [0.4, 0.5) is 0 Å². The maximum atomic E-state index is 12.2. The molecule has 1 unspecified atom stereocenters. The molecular formula is C15H28N2O2. The molecule has 0 bridgehead atoms. The van der Waals surface area contributed by atoms with Gasteiger partial charge in [0.25, 0.3) is 0 Å². The molecule has 110 valence electrons. The molecule has 4 heteroatoms. The van der Waals surface area contributed by atoms with Gasteiger partial charge in [-0.05, 0) is 45.6 Å². The van der Waals surface area contributed by atoms with Crippen LogP contribution in [-0.2, 0) is 9.53 Å². The smallest absolute Gasteiger partial charge is 0.222 e. The minimum atomic E-state index is 0.323.